The Morgan fingerprint density at radius 3 is 2.30 bits per heavy atom. The highest BCUT2D eigenvalue weighted by Gasteiger charge is 1.88. The summed E-state index contributed by atoms with van der Waals surface area (Å²) in [4.78, 5) is 0. The molecule has 0 aliphatic rings. The van der Waals surface area contributed by atoms with Crippen LogP contribution in [0.25, 0.3) is 0 Å². The predicted octanol–water partition coefficient (Wildman–Crippen LogP) is 2.58. The van der Waals surface area contributed by atoms with E-state index in [-0.39, 0.29) is 0 Å². The first kappa shape index (κ1) is 7.48. The summed E-state index contributed by atoms with van der Waals surface area (Å²) in [5, 5.41) is 7.81. The van der Waals surface area contributed by atoms with Gasteiger partial charge in [0.1, 0.15) is 0 Å². The molecule has 1 N–H and O–H groups in total. The van der Waals surface area contributed by atoms with Gasteiger partial charge in [0.05, 0.1) is 0 Å². The highest BCUT2D eigenvalue weighted by molar-refractivity contribution is 9.08. The summed E-state index contributed by atoms with van der Waals surface area (Å²) in [5.74, 6) is 0. The van der Waals surface area contributed by atoms with E-state index in [1.165, 1.54) is 11.8 Å². The van der Waals surface area contributed by atoms with E-state index in [4.69, 9.17) is 5.41 Å². The zero-order valence-electron chi connectivity index (χ0n) is 5.47. The molecule has 0 aromatic heterocycles. The van der Waals surface area contributed by atoms with Crippen molar-refractivity contribution in [2.45, 2.75) is 5.33 Å². The third kappa shape index (κ3) is 1.67. The van der Waals surface area contributed by atoms with Crippen LogP contribution in [-0.4, -0.2) is 6.21 Å². The van der Waals surface area contributed by atoms with Gasteiger partial charge in [-0.2, -0.15) is 0 Å². The van der Waals surface area contributed by atoms with Crippen molar-refractivity contribution in [2.75, 3.05) is 0 Å². The summed E-state index contributed by atoms with van der Waals surface area (Å²) in [7, 11) is 0. The highest BCUT2D eigenvalue weighted by Crippen LogP contribution is 2.05. The summed E-state index contributed by atoms with van der Waals surface area (Å²) in [6, 6.07) is 7.89. The SMILES string of the molecule is N=Cc1ccc(CBr)cc1. The molecule has 0 fully saturated rings. The van der Waals surface area contributed by atoms with Gasteiger partial charge in [-0.25, -0.2) is 0 Å². The smallest absolute Gasteiger partial charge is 0.0283 e. The molecule has 52 valence electrons. The van der Waals surface area contributed by atoms with E-state index >= 15 is 0 Å². The third-order valence-electron chi connectivity index (χ3n) is 1.30. The van der Waals surface area contributed by atoms with Gasteiger partial charge >= 0.3 is 0 Å². The Balaban J connectivity index is 2.90. The summed E-state index contributed by atoms with van der Waals surface area (Å²) < 4.78 is 0. The normalized spacial score (nSPS) is 9.30. The standard InChI is InChI=1S/C8H8BrN/c9-5-7-1-3-8(6-10)4-2-7/h1-4,6,10H,5H2. The van der Waals surface area contributed by atoms with Crippen LogP contribution in [0, 0.1) is 5.41 Å². The summed E-state index contributed by atoms with van der Waals surface area (Å²) >= 11 is 3.35. The fourth-order valence-corrected chi connectivity index (χ4v) is 1.08. The average molecular weight is 198 g/mol. The van der Waals surface area contributed by atoms with E-state index in [9.17, 15) is 0 Å². The van der Waals surface area contributed by atoms with Gasteiger partial charge in [-0.3, -0.25) is 0 Å². The fourth-order valence-electron chi connectivity index (χ4n) is 0.703. The van der Waals surface area contributed by atoms with Crippen molar-refractivity contribution in [3.63, 3.8) is 0 Å². The van der Waals surface area contributed by atoms with Crippen LogP contribution >= 0.6 is 15.9 Å². The first-order valence-electron chi connectivity index (χ1n) is 3.02. The van der Waals surface area contributed by atoms with Crippen LogP contribution < -0.4 is 0 Å². The number of benzene rings is 1. The Bertz CT molecular complexity index is 215. The molecule has 0 aliphatic heterocycles. The van der Waals surface area contributed by atoms with Gasteiger partial charge in [0.2, 0.25) is 0 Å². The van der Waals surface area contributed by atoms with Gasteiger partial charge in [0, 0.05) is 11.5 Å². The quantitative estimate of drug-likeness (QED) is 0.557. The van der Waals surface area contributed by atoms with Gasteiger partial charge in [-0.15, -0.1) is 0 Å². The lowest BCUT2D eigenvalue weighted by molar-refractivity contribution is 1.42. The van der Waals surface area contributed by atoms with Crippen molar-refractivity contribution >= 4 is 22.1 Å². The Morgan fingerprint density at radius 2 is 1.90 bits per heavy atom. The summed E-state index contributed by atoms with van der Waals surface area (Å²) in [6.45, 7) is 0. The van der Waals surface area contributed by atoms with Crippen LogP contribution in [0.15, 0.2) is 24.3 Å². The molecule has 0 saturated carbocycles. The Kier molecular flexibility index (Phi) is 2.63. The largest absolute Gasteiger partial charge is 0.308 e. The molecule has 1 nitrogen and oxygen atoms in total. The maximum atomic E-state index is 6.93. The van der Waals surface area contributed by atoms with Crippen molar-refractivity contribution in [2.24, 2.45) is 0 Å². The van der Waals surface area contributed by atoms with Gasteiger partial charge in [0.15, 0.2) is 0 Å². The number of nitrogens with one attached hydrogen (secondary N) is 1. The molecule has 2 heteroatoms. The Hall–Kier alpha value is -0.630. The second kappa shape index (κ2) is 3.52. The fraction of sp³-hybridized carbons (Fsp3) is 0.125. The molecular weight excluding hydrogens is 190 g/mol. The maximum absolute atomic E-state index is 6.93. The van der Waals surface area contributed by atoms with Crippen LogP contribution in [0.2, 0.25) is 0 Å². The second-order valence-electron chi connectivity index (χ2n) is 2.02. The predicted molar refractivity (Wildman–Crippen MR) is 47.0 cm³/mol. The van der Waals surface area contributed by atoms with Crippen LogP contribution in [0.5, 0.6) is 0 Å². The molecule has 1 rings (SSSR count). The number of alkyl halides is 1. The van der Waals surface area contributed by atoms with Crippen molar-refractivity contribution in [3.05, 3.63) is 35.4 Å². The molecule has 0 amide bonds. The Labute approximate surface area is 68.7 Å². The minimum Gasteiger partial charge on any atom is -0.308 e. The molecule has 0 bridgehead atoms. The average Bonchev–Trinajstić information content (AvgIpc) is 2.05. The summed E-state index contributed by atoms with van der Waals surface area (Å²) in [6.07, 6.45) is 1.35. The van der Waals surface area contributed by atoms with Crippen LogP contribution in [0.4, 0.5) is 0 Å². The lowest BCUT2D eigenvalue weighted by atomic mass is 10.2. The second-order valence-corrected chi connectivity index (χ2v) is 2.58. The maximum Gasteiger partial charge on any atom is 0.0283 e. The molecule has 10 heavy (non-hydrogen) atoms. The van der Waals surface area contributed by atoms with E-state index in [1.54, 1.807) is 0 Å². The van der Waals surface area contributed by atoms with Crippen molar-refractivity contribution in [1.82, 2.24) is 0 Å². The highest BCUT2D eigenvalue weighted by atomic mass is 79.9. The van der Waals surface area contributed by atoms with Crippen LogP contribution in [-0.2, 0) is 5.33 Å². The minimum absolute atomic E-state index is 0.880. The summed E-state index contributed by atoms with van der Waals surface area (Å²) in [5.41, 5.74) is 2.19. The van der Waals surface area contributed by atoms with E-state index in [0.29, 0.717) is 0 Å². The molecule has 0 radical (unpaired) electrons. The first-order valence-corrected chi connectivity index (χ1v) is 4.14. The van der Waals surface area contributed by atoms with Gasteiger partial charge < -0.3 is 5.41 Å². The number of hydrogen-bond acceptors (Lipinski definition) is 1. The molecule has 0 heterocycles. The third-order valence-corrected chi connectivity index (χ3v) is 1.95. The lowest BCUT2D eigenvalue weighted by Gasteiger charge is -1.93. The van der Waals surface area contributed by atoms with Crippen LogP contribution in [0.1, 0.15) is 11.1 Å². The monoisotopic (exact) mass is 197 g/mol. The zero-order valence-corrected chi connectivity index (χ0v) is 7.06. The molecule has 0 aliphatic carbocycles. The number of hydrogen-bond donors (Lipinski definition) is 1. The zero-order chi connectivity index (χ0) is 7.40. The van der Waals surface area contributed by atoms with Gasteiger partial charge in [-0.05, 0) is 11.1 Å². The lowest BCUT2D eigenvalue weighted by Crippen LogP contribution is -1.80. The number of halogens is 1. The van der Waals surface area contributed by atoms with Gasteiger partial charge in [-0.1, -0.05) is 40.2 Å². The van der Waals surface area contributed by atoms with E-state index < -0.39 is 0 Å². The molecule has 0 unspecified atom stereocenters. The molecule has 0 atom stereocenters. The minimum atomic E-state index is 0.880. The topological polar surface area (TPSA) is 23.9 Å². The van der Waals surface area contributed by atoms with Gasteiger partial charge in [0.25, 0.3) is 0 Å². The molecular formula is C8H8BrN. The molecule has 1 aromatic rings. The van der Waals surface area contributed by atoms with E-state index in [2.05, 4.69) is 15.9 Å². The van der Waals surface area contributed by atoms with Crippen molar-refractivity contribution < 1.29 is 0 Å². The first-order chi connectivity index (χ1) is 4.86. The van der Waals surface area contributed by atoms with Crippen molar-refractivity contribution in [3.8, 4) is 0 Å². The molecule has 0 saturated heterocycles. The molecule has 1 aromatic carbocycles. The van der Waals surface area contributed by atoms with Crippen LogP contribution in [0.3, 0.4) is 0 Å². The molecule has 0 spiro atoms. The number of rotatable bonds is 2. The van der Waals surface area contributed by atoms with E-state index in [0.717, 1.165) is 10.9 Å². The Morgan fingerprint density at radius 1 is 1.30 bits per heavy atom. The van der Waals surface area contributed by atoms with Crippen molar-refractivity contribution in [1.29, 1.82) is 5.41 Å². The van der Waals surface area contributed by atoms with E-state index in [1.807, 2.05) is 24.3 Å².